The predicted octanol–water partition coefficient (Wildman–Crippen LogP) is 1.03. The first kappa shape index (κ1) is 28.5. The Hall–Kier alpha value is -2.53. The van der Waals surface area contributed by atoms with Crippen LogP contribution in [0.15, 0.2) is 30.3 Å². The Morgan fingerprint density at radius 1 is 1.00 bits per heavy atom. The quantitative estimate of drug-likeness (QED) is 0.116. The average molecular weight is 468 g/mol. The smallest absolute Gasteiger partial charge is 0.244 e. The van der Waals surface area contributed by atoms with Crippen LogP contribution in [0.1, 0.15) is 32.3 Å². The third-order valence-corrected chi connectivity index (χ3v) is 4.74. The van der Waals surface area contributed by atoms with E-state index in [1.165, 1.54) is 0 Å². The number of rotatable bonds is 17. The van der Waals surface area contributed by atoms with Crippen molar-refractivity contribution in [3.05, 3.63) is 35.9 Å². The number of carbonyl (C=O) groups excluding carboxylic acids is 3. The van der Waals surface area contributed by atoms with Crippen molar-refractivity contribution in [3.63, 3.8) is 0 Å². The Kier molecular flexibility index (Phi) is 14.7. The van der Waals surface area contributed by atoms with Crippen molar-refractivity contribution in [2.45, 2.75) is 39.2 Å². The Balaban J connectivity index is 2.71. The number of hydroxylamine groups is 1. The van der Waals surface area contributed by atoms with Gasteiger partial charge in [0.2, 0.25) is 17.7 Å². The zero-order valence-electron chi connectivity index (χ0n) is 19.7. The molecule has 3 amide bonds. The molecule has 10 heteroatoms. The second kappa shape index (κ2) is 17.0. The standard InChI is InChI=1S/C23H37N3O7/c1-17(2)13-19(15-21(27)26-30)22(28)25-20(14-18-7-5-4-6-8-18)23(29)24-9-10-32-16-33-12-11-31-3/h4-8,17,19-20,30H,9-16H2,1-3H3,(H,24,29)(H,25,28)(H,26,27)/t19-,20+/m1/s1. The van der Waals surface area contributed by atoms with E-state index < -0.39 is 23.8 Å². The molecule has 1 aromatic carbocycles. The van der Waals surface area contributed by atoms with E-state index in [1.54, 1.807) is 12.6 Å². The van der Waals surface area contributed by atoms with E-state index in [4.69, 9.17) is 19.4 Å². The van der Waals surface area contributed by atoms with Gasteiger partial charge in [-0.1, -0.05) is 44.2 Å². The molecule has 0 aromatic heterocycles. The van der Waals surface area contributed by atoms with Gasteiger partial charge in [-0.3, -0.25) is 19.6 Å². The summed E-state index contributed by atoms with van der Waals surface area (Å²) in [5.41, 5.74) is 2.45. The lowest BCUT2D eigenvalue weighted by atomic mass is 9.92. The number of ether oxygens (including phenoxy) is 3. The summed E-state index contributed by atoms with van der Waals surface area (Å²) in [6.07, 6.45) is 0.562. The van der Waals surface area contributed by atoms with Gasteiger partial charge in [0.15, 0.2) is 0 Å². The lowest BCUT2D eigenvalue weighted by Crippen LogP contribution is -2.50. The lowest BCUT2D eigenvalue weighted by molar-refractivity contribution is -0.136. The van der Waals surface area contributed by atoms with E-state index in [2.05, 4.69) is 10.6 Å². The van der Waals surface area contributed by atoms with Crippen LogP contribution < -0.4 is 16.1 Å². The highest BCUT2D eigenvalue weighted by atomic mass is 16.7. The molecule has 0 fully saturated rings. The first-order valence-corrected chi connectivity index (χ1v) is 11.1. The molecular formula is C23H37N3O7. The summed E-state index contributed by atoms with van der Waals surface area (Å²) >= 11 is 0. The fraction of sp³-hybridized carbons (Fsp3) is 0.609. The molecule has 33 heavy (non-hydrogen) atoms. The molecule has 2 atom stereocenters. The van der Waals surface area contributed by atoms with Crippen LogP contribution in [0.4, 0.5) is 0 Å². The molecule has 0 unspecified atom stereocenters. The van der Waals surface area contributed by atoms with E-state index in [1.807, 2.05) is 44.2 Å². The van der Waals surface area contributed by atoms with Crippen molar-refractivity contribution in [1.29, 1.82) is 0 Å². The summed E-state index contributed by atoms with van der Waals surface area (Å²) in [7, 11) is 1.58. The monoisotopic (exact) mass is 467 g/mol. The maximum atomic E-state index is 12.9. The molecular weight excluding hydrogens is 430 g/mol. The van der Waals surface area contributed by atoms with Gasteiger partial charge in [0, 0.05) is 32.4 Å². The molecule has 0 bridgehead atoms. The number of benzene rings is 1. The molecule has 1 rings (SSSR count). The summed E-state index contributed by atoms with van der Waals surface area (Å²) in [4.78, 5) is 37.4. The Morgan fingerprint density at radius 3 is 2.33 bits per heavy atom. The minimum atomic E-state index is -0.829. The number of carbonyl (C=O) groups is 3. The van der Waals surface area contributed by atoms with Gasteiger partial charge >= 0.3 is 0 Å². The zero-order valence-corrected chi connectivity index (χ0v) is 19.7. The van der Waals surface area contributed by atoms with Gasteiger partial charge in [0.25, 0.3) is 0 Å². The van der Waals surface area contributed by atoms with Crippen LogP contribution in [0.5, 0.6) is 0 Å². The van der Waals surface area contributed by atoms with E-state index in [0.29, 0.717) is 26.1 Å². The van der Waals surface area contributed by atoms with E-state index in [9.17, 15) is 14.4 Å². The first-order valence-electron chi connectivity index (χ1n) is 11.1. The van der Waals surface area contributed by atoms with Gasteiger partial charge in [-0.15, -0.1) is 0 Å². The maximum absolute atomic E-state index is 12.9. The van der Waals surface area contributed by atoms with Crippen LogP contribution in [0, 0.1) is 11.8 Å². The molecule has 0 heterocycles. The molecule has 0 saturated carbocycles. The summed E-state index contributed by atoms with van der Waals surface area (Å²) in [5.74, 6) is -1.94. The number of methoxy groups -OCH3 is 1. The van der Waals surface area contributed by atoms with Gasteiger partial charge in [-0.25, -0.2) is 5.48 Å². The SMILES string of the molecule is COCCOCOCCNC(=O)[C@H](Cc1ccccc1)NC(=O)[C@@H](CC(=O)NO)CC(C)C. The average Bonchev–Trinajstić information content (AvgIpc) is 2.80. The second-order valence-electron chi connectivity index (χ2n) is 8.03. The number of nitrogens with one attached hydrogen (secondary N) is 3. The maximum Gasteiger partial charge on any atom is 0.244 e. The van der Waals surface area contributed by atoms with Gasteiger partial charge < -0.3 is 24.8 Å². The minimum absolute atomic E-state index is 0.0905. The molecule has 0 aliphatic rings. The van der Waals surface area contributed by atoms with Crippen molar-refractivity contribution < 1.29 is 33.8 Å². The molecule has 4 N–H and O–H groups in total. The number of amides is 3. The van der Waals surface area contributed by atoms with Crippen molar-refractivity contribution in [2.75, 3.05) is 40.3 Å². The molecule has 10 nitrogen and oxygen atoms in total. The molecule has 0 saturated heterocycles. The summed E-state index contributed by atoms with van der Waals surface area (Å²) in [6, 6.07) is 8.50. The fourth-order valence-corrected chi connectivity index (χ4v) is 3.16. The van der Waals surface area contributed by atoms with E-state index >= 15 is 0 Å². The van der Waals surface area contributed by atoms with Crippen LogP contribution in [0.3, 0.4) is 0 Å². The van der Waals surface area contributed by atoms with Gasteiger partial charge in [-0.2, -0.15) is 0 Å². The van der Waals surface area contributed by atoms with Crippen molar-refractivity contribution in [2.24, 2.45) is 11.8 Å². The molecule has 0 aliphatic carbocycles. The van der Waals surface area contributed by atoms with Crippen molar-refractivity contribution in [1.82, 2.24) is 16.1 Å². The minimum Gasteiger partial charge on any atom is -0.382 e. The fourth-order valence-electron chi connectivity index (χ4n) is 3.16. The first-order chi connectivity index (χ1) is 15.9. The number of hydrogen-bond acceptors (Lipinski definition) is 7. The highest BCUT2D eigenvalue weighted by Gasteiger charge is 2.28. The molecule has 186 valence electrons. The van der Waals surface area contributed by atoms with Gasteiger partial charge in [0.05, 0.1) is 19.8 Å². The predicted molar refractivity (Wildman–Crippen MR) is 121 cm³/mol. The third kappa shape index (κ3) is 12.9. The van der Waals surface area contributed by atoms with Gasteiger partial charge in [0.1, 0.15) is 12.8 Å². The summed E-state index contributed by atoms with van der Waals surface area (Å²) in [5, 5.41) is 14.4. The summed E-state index contributed by atoms with van der Waals surface area (Å²) in [6.45, 7) is 5.34. The molecule has 1 aromatic rings. The molecule has 0 aliphatic heterocycles. The lowest BCUT2D eigenvalue weighted by Gasteiger charge is -2.23. The van der Waals surface area contributed by atoms with Crippen LogP contribution in [-0.2, 0) is 35.0 Å². The Morgan fingerprint density at radius 2 is 1.70 bits per heavy atom. The topological polar surface area (TPSA) is 135 Å². The van der Waals surface area contributed by atoms with Crippen LogP contribution in [-0.4, -0.2) is 69.2 Å². The van der Waals surface area contributed by atoms with Crippen LogP contribution >= 0.6 is 0 Å². The highest BCUT2D eigenvalue weighted by Crippen LogP contribution is 2.16. The Labute approximate surface area is 195 Å². The largest absolute Gasteiger partial charge is 0.382 e. The third-order valence-electron chi connectivity index (χ3n) is 4.74. The zero-order chi connectivity index (χ0) is 24.5. The van der Waals surface area contributed by atoms with E-state index in [0.717, 1.165) is 5.56 Å². The van der Waals surface area contributed by atoms with Gasteiger partial charge in [-0.05, 0) is 17.9 Å². The van der Waals surface area contributed by atoms with Crippen LogP contribution in [0.2, 0.25) is 0 Å². The molecule has 0 spiro atoms. The van der Waals surface area contributed by atoms with Crippen molar-refractivity contribution >= 4 is 17.7 Å². The highest BCUT2D eigenvalue weighted by molar-refractivity contribution is 5.90. The Bertz CT molecular complexity index is 701. The van der Waals surface area contributed by atoms with Crippen molar-refractivity contribution in [3.8, 4) is 0 Å². The second-order valence-corrected chi connectivity index (χ2v) is 8.03. The van der Waals surface area contributed by atoms with E-state index in [-0.39, 0.29) is 38.2 Å². The normalized spacial score (nSPS) is 12.8. The number of hydrogen-bond donors (Lipinski definition) is 4. The summed E-state index contributed by atoms with van der Waals surface area (Å²) < 4.78 is 15.4. The molecule has 0 radical (unpaired) electrons. The van der Waals surface area contributed by atoms with Crippen LogP contribution in [0.25, 0.3) is 0 Å².